The summed E-state index contributed by atoms with van der Waals surface area (Å²) in [7, 11) is 0. The second-order valence-electron chi connectivity index (χ2n) is 5.72. The van der Waals surface area contributed by atoms with Crippen LogP contribution in [0.2, 0.25) is 0 Å². The van der Waals surface area contributed by atoms with Gasteiger partial charge in [0.25, 0.3) is 0 Å². The summed E-state index contributed by atoms with van der Waals surface area (Å²) in [5.41, 5.74) is 1.06. The zero-order chi connectivity index (χ0) is 13.8. The van der Waals surface area contributed by atoms with E-state index in [0.717, 1.165) is 37.6 Å². The highest BCUT2D eigenvalue weighted by molar-refractivity contribution is 5.91. The summed E-state index contributed by atoms with van der Waals surface area (Å²) < 4.78 is 5.85. The molecule has 2 aliphatic rings. The lowest BCUT2D eigenvalue weighted by Gasteiger charge is -2.14. The summed E-state index contributed by atoms with van der Waals surface area (Å²) in [5.74, 6) is 0.879. The number of ether oxygens (including phenoxy) is 1. The predicted octanol–water partition coefficient (Wildman–Crippen LogP) is 2.73. The molecule has 1 amide bonds. The van der Waals surface area contributed by atoms with Crippen LogP contribution >= 0.6 is 0 Å². The Morgan fingerprint density at radius 1 is 1.25 bits per heavy atom. The fourth-order valence-corrected chi connectivity index (χ4v) is 2.46. The molecule has 0 spiro atoms. The Morgan fingerprint density at radius 3 is 2.80 bits per heavy atom. The van der Waals surface area contributed by atoms with Crippen LogP contribution in [0.4, 0.5) is 0 Å². The smallest absolute Gasteiger partial charge is 0.246 e. The molecule has 3 nitrogen and oxygen atoms in total. The van der Waals surface area contributed by atoms with Gasteiger partial charge in [-0.25, -0.2) is 0 Å². The SMILES string of the molecule is O=C(/C=C/c1ccccc1)N1CC[C@@H](OCC2CC2)C1. The Labute approximate surface area is 120 Å². The van der Waals surface area contributed by atoms with Crippen molar-refractivity contribution in [2.75, 3.05) is 19.7 Å². The van der Waals surface area contributed by atoms with Crippen molar-refractivity contribution < 1.29 is 9.53 Å². The fraction of sp³-hybridized carbons (Fsp3) is 0.471. The van der Waals surface area contributed by atoms with Crippen LogP contribution in [-0.2, 0) is 9.53 Å². The van der Waals surface area contributed by atoms with E-state index in [0.29, 0.717) is 0 Å². The average molecular weight is 271 g/mol. The summed E-state index contributed by atoms with van der Waals surface area (Å²) >= 11 is 0. The molecule has 0 aromatic heterocycles. The first kappa shape index (κ1) is 13.4. The number of amides is 1. The summed E-state index contributed by atoms with van der Waals surface area (Å²) in [6, 6.07) is 9.91. The zero-order valence-electron chi connectivity index (χ0n) is 11.7. The van der Waals surface area contributed by atoms with Gasteiger partial charge in [-0.15, -0.1) is 0 Å². The second-order valence-corrected chi connectivity index (χ2v) is 5.72. The fourth-order valence-electron chi connectivity index (χ4n) is 2.46. The van der Waals surface area contributed by atoms with E-state index in [-0.39, 0.29) is 12.0 Å². The molecule has 0 N–H and O–H groups in total. The number of carbonyl (C=O) groups excluding carboxylic acids is 1. The molecule has 1 heterocycles. The maximum atomic E-state index is 12.1. The van der Waals surface area contributed by atoms with Crippen LogP contribution in [0.1, 0.15) is 24.8 Å². The van der Waals surface area contributed by atoms with Crippen molar-refractivity contribution in [2.24, 2.45) is 5.92 Å². The Morgan fingerprint density at radius 2 is 2.05 bits per heavy atom. The largest absolute Gasteiger partial charge is 0.376 e. The summed E-state index contributed by atoms with van der Waals surface area (Å²) in [5, 5.41) is 0. The van der Waals surface area contributed by atoms with E-state index in [9.17, 15) is 4.79 Å². The van der Waals surface area contributed by atoms with Gasteiger partial charge in [0, 0.05) is 25.8 Å². The molecular weight excluding hydrogens is 250 g/mol. The lowest BCUT2D eigenvalue weighted by molar-refractivity contribution is -0.125. The lowest BCUT2D eigenvalue weighted by atomic mass is 10.2. The van der Waals surface area contributed by atoms with Gasteiger partial charge in [0.1, 0.15) is 0 Å². The van der Waals surface area contributed by atoms with Gasteiger partial charge in [-0.1, -0.05) is 30.3 Å². The number of likely N-dealkylation sites (tertiary alicyclic amines) is 1. The summed E-state index contributed by atoms with van der Waals surface area (Å²) in [6.45, 7) is 2.44. The summed E-state index contributed by atoms with van der Waals surface area (Å²) in [6.07, 6.45) is 7.38. The third kappa shape index (κ3) is 3.70. The van der Waals surface area contributed by atoms with Gasteiger partial charge in [-0.05, 0) is 36.8 Å². The molecule has 1 aromatic carbocycles. The van der Waals surface area contributed by atoms with Gasteiger partial charge in [-0.3, -0.25) is 4.79 Å². The van der Waals surface area contributed by atoms with Gasteiger partial charge >= 0.3 is 0 Å². The Bertz CT molecular complexity index is 479. The first-order valence-corrected chi connectivity index (χ1v) is 7.45. The number of nitrogens with zero attached hydrogens (tertiary/aromatic N) is 1. The molecule has 1 aliphatic heterocycles. The number of rotatable bonds is 5. The maximum Gasteiger partial charge on any atom is 0.246 e. The molecule has 1 atom stereocenters. The van der Waals surface area contributed by atoms with E-state index >= 15 is 0 Å². The van der Waals surface area contributed by atoms with Gasteiger partial charge in [0.05, 0.1) is 6.10 Å². The molecule has 106 valence electrons. The van der Waals surface area contributed by atoms with Gasteiger partial charge in [0.15, 0.2) is 0 Å². The molecule has 3 heteroatoms. The Balaban J connectivity index is 1.46. The third-order valence-corrected chi connectivity index (χ3v) is 3.94. The lowest BCUT2D eigenvalue weighted by Crippen LogP contribution is -2.28. The van der Waals surface area contributed by atoms with E-state index in [1.807, 2.05) is 41.3 Å². The van der Waals surface area contributed by atoms with E-state index in [2.05, 4.69) is 0 Å². The minimum absolute atomic E-state index is 0.0892. The highest BCUT2D eigenvalue weighted by atomic mass is 16.5. The zero-order valence-corrected chi connectivity index (χ0v) is 11.7. The molecular formula is C17H21NO2. The van der Waals surface area contributed by atoms with Crippen LogP contribution in [0.25, 0.3) is 6.08 Å². The van der Waals surface area contributed by atoms with Crippen molar-refractivity contribution in [3.63, 3.8) is 0 Å². The van der Waals surface area contributed by atoms with Crippen molar-refractivity contribution in [2.45, 2.75) is 25.4 Å². The van der Waals surface area contributed by atoms with E-state index in [1.54, 1.807) is 6.08 Å². The molecule has 0 bridgehead atoms. The van der Waals surface area contributed by atoms with Gasteiger partial charge in [0.2, 0.25) is 5.91 Å². The van der Waals surface area contributed by atoms with Crippen LogP contribution in [0, 0.1) is 5.92 Å². The third-order valence-electron chi connectivity index (χ3n) is 3.94. The topological polar surface area (TPSA) is 29.5 Å². The van der Waals surface area contributed by atoms with Crippen molar-refractivity contribution in [3.05, 3.63) is 42.0 Å². The highest BCUT2D eigenvalue weighted by Crippen LogP contribution is 2.30. The molecule has 0 unspecified atom stereocenters. The maximum absolute atomic E-state index is 12.1. The number of benzene rings is 1. The molecule has 3 rings (SSSR count). The first-order chi connectivity index (χ1) is 9.81. The molecule has 20 heavy (non-hydrogen) atoms. The van der Waals surface area contributed by atoms with Crippen molar-refractivity contribution >= 4 is 12.0 Å². The summed E-state index contributed by atoms with van der Waals surface area (Å²) in [4.78, 5) is 14.0. The van der Waals surface area contributed by atoms with E-state index < -0.39 is 0 Å². The van der Waals surface area contributed by atoms with Crippen molar-refractivity contribution in [1.29, 1.82) is 0 Å². The molecule has 1 aromatic rings. The van der Waals surface area contributed by atoms with Crippen molar-refractivity contribution in [1.82, 2.24) is 4.90 Å². The van der Waals surface area contributed by atoms with Crippen LogP contribution < -0.4 is 0 Å². The van der Waals surface area contributed by atoms with E-state index in [1.165, 1.54) is 12.8 Å². The number of hydrogen-bond acceptors (Lipinski definition) is 2. The molecule has 0 radical (unpaired) electrons. The van der Waals surface area contributed by atoms with Crippen molar-refractivity contribution in [3.8, 4) is 0 Å². The second kappa shape index (κ2) is 6.23. The van der Waals surface area contributed by atoms with Crippen LogP contribution in [-0.4, -0.2) is 36.6 Å². The number of hydrogen-bond donors (Lipinski definition) is 0. The molecule has 1 aliphatic carbocycles. The standard InChI is InChI=1S/C17H21NO2/c19-17(9-8-14-4-2-1-3-5-14)18-11-10-16(12-18)20-13-15-6-7-15/h1-5,8-9,15-16H,6-7,10-13H2/b9-8+/t16-/m1/s1. The minimum Gasteiger partial charge on any atom is -0.376 e. The Hall–Kier alpha value is -1.61. The first-order valence-electron chi connectivity index (χ1n) is 7.45. The van der Waals surface area contributed by atoms with Gasteiger partial charge in [-0.2, -0.15) is 0 Å². The molecule has 1 saturated carbocycles. The minimum atomic E-state index is 0.0892. The average Bonchev–Trinajstić information content (AvgIpc) is 3.20. The predicted molar refractivity (Wildman–Crippen MR) is 79.1 cm³/mol. The monoisotopic (exact) mass is 271 g/mol. The van der Waals surface area contributed by atoms with Crippen LogP contribution in [0.3, 0.4) is 0 Å². The van der Waals surface area contributed by atoms with Crippen LogP contribution in [0.5, 0.6) is 0 Å². The van der Waals surface area contributed by atoms with Gasteiger partial charge < -0.3 is 9.64 Å². The molecule has 1 saturated heterocycles. The number of carbonyl (C=O) groups is 1. The van der Waals surface area contributed by atoms with E-state index in [4.69, 9.17) is 4.74 Å². The normalized spacial score (nSPS) is 22.6. The van der Waals surface area contributed by atoms with Crippen LogP contribution in [0.15, 0.2) is 36.4 Å². The molecule has 2 fully saturated rings. The Kier molecular flexibility index (Phi) is 4.16. The highest BCUT2D eigenvalue weighted by Gasteiger charge is 2.28. The quantitative estimate of drug-likeness (QED) is 0.771.